The van der Waals surface area contributed by atoms with Crippen molar-refractivity contribution in [2.45, 2.75) is 77.7 Å². The smallest absolute Gasteiger partial charge is 0.306 e. The predicted octanol–water partition coefficient (Wildman–Crippen LogP) is 3.08. The molecule has 7 heteroatoms. The van der Waals surface area contributed by atoms with E-state index in [2.05, 4.69) is 13.8 Å². The SMILES string of the molecule is C[C@]12CCC(=O)C=C1CCC1C2C(O)C[C@]2(C)C1CC[C@@H]2C(=O)COC(=O)CCC(=O)O. The quantitative estimate of drug-likeness (QED) is 0.602. The molecule has 0 aromatic carbocycles. The topological polar surface area (TPSA) is 118 Å². The van der Waals surface area contributed by atoms with E-state index >= 15 is 0 Å². The summed E-state index contributed by atoms with van der Waals surface area (Å²) >= 11 is 0. The minimum absolute atomic E-state index is 0.108. The Bertz CT molecular complexity index is 860. The molecule has 2 N–H and O–H groups in total. The molecule has 0 spiro atoms. The highest BCUT2D eigenvalue weighted by Gasteiger charge is 2.62. The lowest BCUT2D eigenvalue weighted by Crippen LogP contribution is -2.57. The van der Waals surface area contributed by atoms with Crippen molar-refractivity contribution >= 4 is 23.5 Å². The van der Waals surface area contributed by atoms with Gasteiger partial charge in [-0.15, -0.1) is 0 Å². The Labute approximate surface area is 188 Å². The summed E-state index contributed by atoms with van der Waals surface area (Å²) in [4.78, 5) is 47.4. The summed E-state index contributed by atoms with van der Waals surface area (Å²) in [5.74, 6) is -1.21. The number of hydrogen-bond donors (Lipinski definition) is 2. The largest absolute Gasteiger partial charge is 0.481 e. The lowest BCUT2D eigenvalue weighted by atomic mass is 9.46. The van der Waals surface area contributed by atoms with Crippen LogP contribution in [-0.2, 0) is 23.9 Å². The van der Waals surface area contributed by atoms with Crippen molar-refractivity contribution in [2.75, 3.05) is 6.61 Å². The number of hydrogen-bond acceptors (Lipinski definition) is 6. The minimum atomic E-state index is -1.08. The zero-order valence-corrected chi connectivity index (χ0v) is 19.0. The predicted molar refractivity (Wildman–Crippen MR) is 114 cm³/mol. The molecule has 3 fully saturated rings. The first-order chi connectivity index (χ1) is 15.1. The Balaban J connectivity index is 1.48. The van der Waals surface area contributed by atoms with Gasteiger partial charge < -0.3 is 14.9 Å². The van der Waals surface area contributed by atoms with Gasteiger partial charge in [-0.3, -0.25) is 19.2 Å². The van der Waals surface area contributed by atoms with E-state index in [1.807, 2.05) is 6.08 Å². The third kappa shape index (κ3) is 3.82. The normalized spacial score (nSPS) is 40.5. The van der Waals surface area contributed by atoms with Crippen LogP contribution < -0.4 is 0 Å². The molecule has 4 unspecified atom stereocenters. The number of aliphatic hydroxyl groups is 1. The van der Waals surface area contributed by atoms with Crippen molar-refractivity contribution in [3.63, 3.8) is 0 Å². The van der Waals surface area contributed by atoms with Crippen LogP contribution in [0.3, 0.4) is 0 Å². The monoisotopic (exact) mass is 446 g/mol. The number of rotatable bonds is 6. The van der Waals surface area contributed by atoms with Crippen LogP contribution in [0.15, 0.2) is 11.6 Å². The molecule has 7 nitrogen and oxygen atoms in total. The number of ether oxygens (including phenoxy) is 1. The van der Waals surface area contributed by atoms with Crippen LogP contribution in [0.5, 0.6) is 0 Å². The molecule has 0 aromatic rings. The average Bonchev–Trinajstić information content (AvgIpc) is 3.07. The van der Waals surface area contributed by atoms with Gasteiger partial charge in [0.25, 0.3) is 0 Å². The molecular weight excluding hydrogens is 412 g/mol. The lowest BCUT2D eigenvalue weighted by Gasteiger charge is -2.59. The van der Waals surface area contributed by atoms with Crippen molar-refractivity contribution < 1.29 is 34.1 Å². The summed E-state index contributed by atoms with van der Waals surface area (Å²) in [6.07, 6.45) is 6.04. The maximum atomic E-state index is 13.0. The second-order valence-corrected chi connectivity index (χ2v) is 10.8. The van der Waals surface area contributed by atoms with Crippen molar-refractivity contribution in [3.8, 4) is 0 Å². The molecule has 0 aromatic heterocycles. The number of esters is 1. The Morgan fingerprint density at radius 2 is 1.88 bits per heavy atom. The fourth-order valence-corrected chi connectivity index (χ4v) is 7.75. The van der Waals surface area contributed by atoms with E-state index in [1.165, 1.54) is 5.57 Å². The van der Waals surface area contributed by atoms with Gasteiger partial charge in [0, 0.05) is 12.3 Å². The first-order valence-electron chi connectivity index (χ1n) is 11.9. The van der Waals surface area contributed by atoms with E-state index in [0.717, 1.165) is 32.1 Å². The number of allylic oxidation sites excluding steroid dienone is 1. The Kier molecular flexibility index (Phi) is 6.07. The summed E-state index contributed by atoms with van der Waals surface area (Å²) in [6, 6.07) is 0. The van der Waals surface area contributed by atoms with Gasteiger partial charge in [-0.05, 0) is 73.2 Å². The summed E-state index contributed by atoms with van der Waals surface area (Å²) in [5, 5.41) is 20.0. The first kappa shape index (κ1) is 23.1. The zero-order chi connectivity index (χ0) is 23.3. The van der Waals surface area contributed by atoms with Gasteiger partial charge >= 0.3 is 11.9 Å². The van der Waals surface area contributed by atoms with E-state index in [9.17, 15) is 24.3 Å². The van der Waals surface area contributed by atoms with Crippen molar-refractivity contribution in [3.05, 3.63) is 11.6 Å². The second-order valence-electron chi connectivity index (χ2n) is 10.8. The third-order valence-corrected chi connectivity index (χ3v) is 9.20. The summed E-state index contributed by atoms with van der Waals surface area (Å²) in [7, 11) is 0. The Morgan fingerprint density at radius 1 is 1.12 bits per heavy atom. The van der Waals surface area contributed by atoms with Crippen molar-refractivity contribution in [1.82, 2.24) is 0 Å². The standard InChI is InChI=1S/C25H34O7/c1-24-10-9-15(26)11-14(24)3-4-16-17-5-6-18(25(17,2)12-19(27)23(16)24)20(28)13-32-22(31)8-7-21(29)30/h11,16-19,23,27H,3-10,12-13H2,1-2H3,(H,29,30)/t16?,17?,18-,19?,23?,24+,25-/m1/s1. The van der Waals surface area contributed by atoms with Crippen molar-refractivity contribution in [2.24, 2.45) is 34.5 Å². The number of ketones is 2. The second kappa shape index (κ2) is 8.40. The van der Waals surface area contributed by atoms with Gasteiger partial charge in [0.05, 0.1) is 18.9 Å². The summed E-state index contributed by atoms with van der Waals surface area (Å²) < 4.78 is 5.07. The van der Waals surface area contributed by atoms with Gasteiger partial charge in [0.1, 0.15) is 6.61 Å². The highest BCUT2D eigenvalue weighted by Crippen LogP contribution is 2.66. The number of Topliss-reactive ketones (excluding diaryl/α,β-unsaturated/α-hetero) is 1. The molecule has 0 heterocycles. The van der Waals surface area contributed by atoms with Crippen LogP contribution in [0.1, 0.15) is 71.6 Å². The number of carboxylic acids is 1. The zero-order valence-electron chi connectivity index (χ0n) is 19.0. The molecule has 0 aliphatic heterocycles. The van der Waals surface area contributed by atoms with Crippen LogP contribution in [0.25, 0.3) is 0 Å². The van der Waals surface area contributed by atoms with Crippen LogP contribution in [0.2, 0.25) is 0 Å². The molecule has 0 bridgehead atoms. The molecular formula is C25H34O7. The Hall–Kier alpha value is -2.02. The van der Waals surface area contributed by atoms with Crippen molar-refractivity contribution in [1.29, 1.82) is 0 Å². The highest BCUT2D eigenvalue weighted by molar-refractivity contribution is 5.91. The number of aliphatic hydroxyl groups excluding tert-OH is 1. The van der Waals surface area contributed by atoms with E-state index < -0.39 is 18.0 Å². The highest BCUT2D eigenvalue weighted by atomic mass is 16.5. The number of carbonyl (C=O) groups is 4. The number of carbonyl (C=O) groups excluding carboxylic acids is 3. The number of carboxylic acid groups (broad SMARTS) is 1. The molecule has 0 saturated heterocycles. The molecule has 3 saturated carbocycles. The molecule has 7 atom stereocenters. The molecule has 176 valence electrons. The molecule has 0 radical (unpaired) electrons. The molecule has 0 amide bonds. The fourth-order valence-electron chi connectivity index (χ4n) is 7.75. The van der Waals surface area contributed by atoms with Crippen LogP contribution >= 0.6 is 0 Å². The average molecular weight is 447 g/mol. The minimum Gasteiger partial charge on any atom is -0.481 e. The van der Waals surface area contributed by atoms with Gasteiger partial charge in [-0.25, -0.2) is 0 Å². The summed E-state index contributed by atoms with van der Waals surface area (Å²) in [6.45, 7) is 3.99. The molecule has 4 rings (SSSR count). The summed E-state index contributed by atoms with van der Waals surface area (Å²) in [5.41, 5.74) is 0.698. The molecule has 4 aliphatic rings. The van der Waals surface area contributed by atoms with E-state index in [1.54, 1.807) is 0 Å². The van der Waals surface area contributed by atoms with E-state index in [0.29, 0.717) is 24.7 Å². The maximum Gasteiger partial charge on any atom is 0.306 e. The van der Waals surface area contributed by atoms with Gasteiger partial charge in [0.2, 0.25) is 0 Å². The van der Waals surface area contributed by atoms with Crippen LogP contribution in [0, 0.1) is 34.5 Å². The molecule has 4 aliphatic carbocycles. The van der Waals surface area contributed by atoms with Crippen LogP contribution in [0.4, 0.5) is 0 Å². The molecule has 32 heavy (non-hydrogen) atoms. The van der Waals surface area contributed by atoms with Gasteiger partial charge in [-0.2, -0.15) is 0 Å². The van der Waals surface area contributed by atoms with E-state index in [-0.39, 0.29) is 53.7 Å². The Morgan fingerprint density at radius 3 is 2.59 bits per heavy atom. The van der Waals surface area contributed by atoms with Gasteiger partial charge in [-0.1, -0.05) is 19.4 Å². The van der Waals surface area contributed by atoms with Crippen LogP contribution in [-0.4, -0.2) is 46.4 Å². The maximum absolute atomic E-state index is 13.0. The van der Waals surface area contributed by atoms with E-state index in [4.69, 9.17) is 9.84 Å². The fraction of sp³-hybridized carbons (Fsp3) is 0.760. The van der Waals surface area contributed by atoms with Gasteiger partial charge in [0.15, 0.2) is 11.6 Å². The lowest BCUT2D eigenvalue weighted by molar-refractivity contribution is -0.156. The number of aliphatic carboxylic acids is 1. The number of fused-ring (bicyclic) bond motifs is 5. The third-order valence-electron chi connectivity index (χ3n) is 9.20. The first-order valence-corrected chi connectivity index (χ1v) is 11.9.